The number of methoxy groups -OCH3 is 1. The first-order valence-electron chi connectivity index (χ1n) is 6.97. The fraction of sp³-hybridized carbons (Fsp3) is 0.235. The van der Waals surface area contributed by atoms with Gasteiger partial charge < -0.3 is 15.8 Å². The largest absolute Gasteiger partial charge is 0.495 e. The maximum atomic E-state index is 12.1. The molecular weight excluding hydrogens is 264 g/mol. The zero-order chi connectivity index (χ0) is 15.1. The molecule has 0 aliphatic rings. The molecule has 0 aliphatic heterocycles. The highest BCUT2D eigenvalue weighted by atomic mass is 16.5. The van der Waals surface area contributed by atoms with Gasteiger partial charge in [-0.1, -0.05) is 36.4 Å². The number of nitrogen functional groups attached to an aromatic ring is 1. The Labute approximate surface area is 124 Å². The van der Waals surface area contributed by atoms with E-state index in [0.717, 1.165) is 12.8 Å². The topological polar surface area (TPSA) is 64.3 Å². The number of aryl methyl sites for hydroxylation is 1. The summed E-state index contributed by atoms with van der Waals surface area (Å²) in [4.78, 5) is 12.1. The van der Waals surface area contributed by atoms with E-state index in [-0.39, 0.29) is 5.91 Å². The van der Waals surface area contributed by atoms with Gasteiger partial charge in [0.05, 0.1) is 18.4 Å². The van der Waals surface area contributed by atoms with E-state index in [1.807, 2.05) is 18.2 Å². The number of ether oxygens (including phenoxy) is 1. The fourth-order valence-electron chi connectivity index (χ4n) is 2.15. The quantitative estimate of drug-likeness (QED) is 0.633. The van der Waals surface area contributed by atoms with Gasteiger partial charge in [0.25, 0.3) is 5.91 Å². The van der Waals surface area contributed by atoms with Crippen LogP contribution < -0.4 is 15.8 Å². The highest BCUT2D eigenvalue weighted by Crippen LogP contribution is 2.24. The minimum atomic E-state index is -0.167. The molecule has 4 nitrogen and oxygen atoms in total. The lowest BCUT2D eigenvalue weighted by molar-refractivity contribution is 0.0954. The van der Waals surface area contributed by atoms with Gasteiger partial charge in [0.15, 0.2) is 0 Å². The highest BCUT2D eigenvalue weighted by molar-refractivity contribution is 6.00. The van der Waals surface area contributed by atoms with E-state index >= 15 is 0 Å². The lowest BCUT2D eigenvalue weighted by Crippen LogP contribution is -2.25. The van der Waals surface area contributed by atoms with Crippen molar-refractivity contribution >= 4 is 11.6 Å². The Balaban J connectivity index is 1.85. The Morgan fingerprint density at radius 1 is 1.14 bits per heavy atom. The van der Waals surface area contributed by atoms with Crippen LogP contribution in [0.3, 0.4) is 0 Å². The molecule has 4 heteroatoms. The third-order valence-electron chi connectivity index (χ3n) is 3.30. The number of hydrogen-bond acceptors (Lipinski definition) is 3. The van der Waals surface area contributed by atoms with Crippen molar-refractivity contribution in [1.82, 2.24) is 5.32 Å². The summed E-state index contributed by atoms with van der Waals surface area (Å²) in [5, 5.41) is 2.89. The second-order valence-corrected chi connectivity index (χ2v) is 4.77. The van der Waals surface area contributed by atoms with Crippen LogP contribution in [0.5, 0.6) is 5.75 Å². The maximum absolute atomic E-state index is 12.1. The second kappa shape index (κ2) is 7.33. The normalized spacial score (nSPS) is 10.1. The molecule has 0 aliphatic carbocycles. The molecule has 0 unspecified atom stereocenters. The van der Waals surface area contributed by atoms with Crippen LogP contribution in [0.25, 0.3) is 0 Å². The van der Waals surface area contributed by atoms with E-state index < -0.39 is 0 Å². The molecule has 0 fully saturated rings. The van der Waals surface area contributed by atoms with E-state index in [4.69, 9.17) is 10.5 Å². The van der Waals surface area contributed by atoms with Gasteiger partial charge in [0.2, 0.25) is 0 Å². The monoisotopic (exact) mass is 284 g/mol. The van der Waals surface area contributed by atoms with Crippen LogP contribution in [0, 0.1) is 0 Å². The van der Waals surface area contributed by atoms with Crippen LogP contribution in [0.2, 0.25) is 0 Å². The molecule has 0 atom stereocenters. The van der Waals surface area contributed by atoms with Crippen molar-refractivity contribution in [3.8, 4) is 5.75 Å². The minimum absolute atomic E-state index is 0.167. The molecule has 0 aromatic heterocycles. The number of hydrogen-bond donors (Lipinski definition) is 2. The standard InChI is InChI=1S/C17H20N2O2/c1-21-15-11-5-10-14(16(15)18)17(20)19-12-6-9-13-7-3-2-4-8-13/h2-5,7-8,10-11H,6,9,12,18H2,1H3,(H,19,20). The smallest absolute Gasteiger partial charge is 0.253 e. The average Bonchev–Trinajstić information content (AvgIpc) is 2.52. The number of benzene rings is 2. The van der Waals surface area contributed by atoms with Crippen LogP contribution in [0.4, 0.5) is 5.69 Å². The van der Waals surface area contributed by atoms with Crippen molar-refractivity contribution in [2.45, 2.75) is 12.8 Å². The zero-order valence-electron chi connectivity index (χ0n) is 12.1. The van der Waals surface area contributed by atoms with Crippen molar-refractivity contribution in [3.63, 3.8) is 0 Å². The molecular formula is C17H20N2O2. The molecule has 2 aromatic carbocycles. The van der Waals surface area contributed by atoms with Crippen molar-refractivity contribution in [1.29, 1.82) is 0 Å². The Kier molecular flexibility index (Phi) is 5.21. The van der Waals surface area contributed by atoms with Crippen molar-refractivity contribution < 1.29 is 9.53 Å². The molecule has 0 radical (unpaired) electrons. The van der Waals surface area contributed by atoms with Crippen molar-refractivity contribution in [2.75, 3.05) is 19.4 Å². The molecule has 21 heavy (non-hydrogen) atoms. The molecule has 110 valence electrons. The lowest BCUT2D eigenvalue weighted by atomic mass is 10.1. The number of carbonyl (C=O) groups is 1. The number of para-hydroxylation sites is 1. The van der Waals surface area contributed by atoms with E-state index in [1.54, 1.807) is 18.2 Å². The van der Waals surface area contributed by atoms with E-state index in [9.17, 15) is 4.79 Å². The highest BCUT2D eigenvalue weighted by Gasteiger charge is 2.12. The molecule has 0 bridgehead atoms. The van der Waals surface area contributed by atoms with Crippen LogP contribution in [0.1, 0.15) is 22.3 Å². The Bertz CT molecular complexity index is 597. The molecule has 0 saturated carbocycles. The fourth-order valence-corrected chi connectivity index (χ4v) is 2.15. The van der Waals surface area contributed by atoms with Crippen molar-refractivity contribution in [3.05, 3.63) is 59.7 Å². The number of nitrogens with one attached hydrogen (secondary N) is 1. The summed E-state index contributed by atoms with van der Waals surface area (Å²) in [6, 6.07) is 15.4. The summed E-state index contributed by atoms with van der Waals surface area (Å²) >= 11 is 0. The first kappa shape index (κ1) is 14.9. The van der Waals surface area contributed by atoms with Gasteiger partial charge in [0.1, 0.15) is 5.75 Å². The number of amides is 1. The van der Waals surface area contributed by atoms with Gasteiger partial charge in [-0.15, -0.1) is 0 Å². The Hall–Kier alpha value is -2.49. The zero-order valence-corrected chi connectivity index (χ0v) is 12.1. The molecule has 2 rings (SSSR count). The van der Waals surface area contributed by atoms with Crippen LogP contribution in [-0.2, 0) is 6.42 Å². The van der Waals surface area contributed by atoms with E-state index in [1.165, 1.54) is 12.7 Å². The van der Waals surface area contributed by atoms with Gasteiger partial charge in [-0.3, -0.25) is 4.79 Å². The van der Waals surface area contributed by atoms with Gasteiger partial charge >= 0.3 is 0 Å². The minimum Gasteiger partial charge on any atom is -0.495 e. The SMILES string of the molecule is COc1cccc(C(=O)NCCCc2ccccc2)c1N. The summed E-state index contributed by atoms with van der Waals surface area (Å²) in [5.41, 5.74) is 8.00. The van der Waals surface area contributed by atoms with Crippen LogP contribution >= 0.6 is 0 Å². The number of anilines is 1. The lowest BCUT2D eigenvalue weighted by Gasteiger charge is -2.10. The first-order chi connectivity index (χ1) is 10.2. The third kappa shape index (κ3) is 3.99. The molecule has 2 aromatic rings. The van der Waals surface area contributed by atoms with Gasteiger partial charge in [0, 0.05) is 6.54 Å². The predicted octanol–water partition coefficient (Wildman–Crippen LogP) is 2.64. The van der Waals surface area contributed by atoms with Crippen molar-refractivity contribution in [2.24, 2.45) is 0 Å². The van der Waals surface area contributed by atoms with Crippen LogP contribution in [-0.4, -0.2) is 19.6 Å². The Morgan fingerprint density at radius 3 is 2.62 bits per heavy atom. The summed E-state index contributed by atoms with van der Waals surface area (Å²) in [6.45, 7) is 0.615. The summed E-state index contributed by atoms with van der Waals surface area (Å²) in [5.74, 6) is 0.353. The predicted molar refractivity (Wildman–Crippen MR) is 84.5 cm³/mol. The van der Waals surface area contributed by atoms with Crippen LogP contribution in [0.15, 0.2) is 48.5 Å². The van der Waals surface area contributed by atoms with Gasteiger partial charge in [-0.2, -0.15) is 0 Å². The Morgan fingerprint density at radius 2 is 1.90 bits per heavy atom. The number of rotatable bonds is 6. The second-order valence-electron chi connectivity index (χ2n) is 4.77. The van der Waals surface area contributed by atoms with E-state index in [0.29, 0.717) is 23.5 Å². The van der Waals surface area contributed by atoms with E-state index in [2.05, 4.69) is 17.4 Å². The molecule has 1 amide bonds. The summed E-state index contributed by atoms with van der Waals surface area (Å²) < 4.78 is 5.11. The summed E-state index contributed by atoms with van der Waals surface area (Å²) in [6.07, 6.45) is 1.83. The molecule has 0 heterocycles. The average molecular weight is 284 g/mol. The molecule has 0 saturated heterocycles. The summed E-state index contributed by atoms with van der Waals surface area (Å²) in [7, 11) is 1.53. The van der Waals surface area contributed by atoms with Gasteiger partial charge in [-0.05, 0) is 30.5 Å². The number of carbonyl (C=O) groups excluding carboxylic acids is 1. The molecule has 3 N–H and O–H groups in total. The third-order valence-corrected chi connectivity index (χ3v) is 3.30. The number of nitrogens with two attached hydrogens (primary N) is 1. The maximum Gasteiger partial charge on any atom is 0.253 e. The molecule has 0 spiro atoms. The first-order valence-corrected chi connectivity index (χ1v) is 6.97. The van der Waals surface area contributed by atoms with Gasteiger partial charge in [-0.25, -0.2) is 0 Å².